The zero-order chi connectivity index (χ0) is 20.8. The number of amides is 2. The minimum atomic E-state index is -0.935. The Bertz CT molecular complexity index is 877. The third kappa shape index (κ3) is 5.74. The number of halogens is 3. The smallest absolute Gasteiger partial charge is 0.243 e. The summed E-state index contributed by atoms with van der Waals surface area (Å²) in [5.74, 6) is -2.60. The van der Waals surface area contributed by atoms with Gasteiger partial charge in [-0.15, -0.1) is 0 Å². The first-order valence-corrected chi connectivity index (χ1v) is 9.03. The Morgan fingerprint density at radius 3 is 2.54 bits per heavy atom. The summed E-state index contributed by atoms with van der Waals surface area (Å²) < 4.78 is 26.4. The van der Waals surface area contributed by atoms with Gasteiger partial charge in [0.1, 0.15) is 0 Å². The number of carbonyl (C=O) groups is 2. The van der Waals surface area contributed by atoms with Crippen LogP contribution in [0, 0.1) is 18.6 Å². The van der Waals surface area contributed by atoms with E-state index in [1.165, 1.54) is 6.07 Å². The summed E-state index contributed by atoms with van der Waals surface area (Å²) >= 11 is 6.01. The van der Waals surface area contributed by atoms with Crippen LogP contribution in [-0.4, -0.2) is 36.9 Å². The van der Waals surface area contributed by atoms with E-state index in [9.17, 15) is 18.4 Å². The topological polar surface area (TPSA) is 61.4 Å². The summed E-state index contributed by atoms with van der Waals surface area (Å²) in [5.41, 5.74) is 1.86. The fraction of sp³-hybridized carbons (Fsp3) is 0.300. The Morgan fingerprint density at radius 1 is 1.14 bits per heavy atom. The van der Waals surface area contributed by atoms with E-state index in [0.29, 0.717) is 16.3 Å². The van der Waals surface area contributed by atoms with Crippen LogP contribution in [0.1, 0.15) is 24.1 Å². The van der Waals surface area contributed by atoms with Crippen molar-refractivity contribution in [2.24, 2.45) is 0 Å². The van der Waals surface area contributed by atoms with Gasteiger partial charge in [0.2, 0.25) is 11.8 Å². The Balaban J connectivity index is 1.84. The SMILES string of the molecule is Cc1c(Cl)cccc1NC(=O)CNC(=O)CN(C)[C@H](C)c1ccc(F)c(F)c1. The van der Waals surface area contributed by atoms with E-state index in [-0.39, 0.29) is 30.9 Å². The van der Waals surface area contributed by atoms with E-state index < -0.39 is 11.6 Å². The van der Waals surface area contributed by atoms with Crippen molar-refractivity contribution in [1.29, 1.82) is 0 Å². The number of benzene rings is 2. The molecule has 150 valence electrons. The molecule has 0 saturated heterocycles. The zero-order valence-electron chi connectivity index (χ0n) is 15.9. The maximum Gasteiger partial charge on any atom is 0.243 e. The average Bonchev–Trinajstić information content (AvgIpc) is 2.65. The van der Waals surface area contributed by atoms with Crippen LogP contribution in [0.2, 0.25) is 5.02 Å². The van der Waals surface area contributed by atoms with E-state index in [4.69, 9.17) is 11.6 Å². The molecule has 2 N–H and O–H groups in total. The molecule has 1 atom stereocenters. The highest BCUT2D eigenvalue weighted by Crippen LogP contribution is 2.23. The molecule has 0 radical (unpaired) electrons. The van der Waals surface area contributed by atoms with Crippen molar-refractivity contribution >= 4 is 29.1 Å². The molecular weight excluding hydrogens is 388 g/mol. The Labute approximate surface area is 167 Å². The number of hydrogen-bond acceptors (Lipinski definition) is 3. The average molecular weight is 410 g/mol. The zero-order valence-corrected chi connectivity index (χ0v) is 16.6. The molecule has 2 aromatic rings. The lowest BCUT2D eigenvalue weighted by molar-refractivity contribution is -0.125. The molecule has 0 aliphatic carbocycles. The summed E-state index contributed by atoms with van der Waals surface area (Å²) in [5, 5.41) is 5.76. The molecule has 0 aromatic heterocycles. The second-order valence-electron chi connectivity index (χ2n) is 6.50. The molecule has 0 heterocycles. The summed E-state index contributed by atoms with van der Waals surface area (Å²) in [7, 11) is 1.68. The van der Waals surface area contributed by atoms with Gasteiger partial charge >= 0.3 is 0 Å². The molecule has 0 saturated carbocycles. The molecule has 8 heteroatoms. The van der Waals surface area contributed by atoms with E-state index >= 15 is 0 Å². The van der Waals surface area contributed by atoms with E-state index in [2.05, 4.69) is 10.6 Å². The molecule has 0 spiro atoms. The highest BCUT2D eigenvalue weighted by molar-refractivity contribution is 6.31. The lowest BCUT2D eigenvalue weighted by Crippen LogP contribution is -2.40. The Kier molecular flexibility index (Phi) is 7.48. The van der Waals surface area contributed by atoms with Crippen molar-refractivity contribution in [2.75, 3.05) is 25.5 Å². The maximum atomic E-state index is 13.4. The van der Waals surface area contributed by atoms with Crippen LogP contribution in [0.15, 0.2) is 36.4 Å². The van der Waals surface area contributed by atoms with Gasteiger partial charge in [-0.05, 0) is 56.3 Å². The van der Waals surface area contributed by atoms with Crippen LogP contribution in [-0.2, 0) is 9.59 Å². The van der Waals surface area contributed by atoms with E-state index in [1.54, 1.807) is 44.0 Å². The van der Waals surface area contributed by atoms with Crippen molar-refractivity contribution in [3.8, 4) is 0 Å². The van der Waals surface area contributed by atoms with Crippen LogP contribution in [0.4, 0.5) is 14.5 Å². The molecule has 0 aliphatic heterocycles. The number of anilines is 1. The molecule has 0 bridgehead atoms. The van der Waals surface area contributed by atoms with Gasteiger partial charge in [0.25, 0.3) is 0 Å². The van der Waals surface area contributed by atoms with Crippen LogP contribution >= 0.6 is 11.6 Å². The van der Waals surface area contributed by atoms with Gasteiger partial charge in [-0.3, -0.25) is 14.5 Å². The second kappa shape index (κ2) is 9.61. The number of likely N-dealkylation sites (N-methyl/N-ethyl adjacent to an activating group) is 1. The minimum Gasteiger partial charge on any atom is -0.346 e. The fourth-order valence-electron chi connectivity index (χ4n) is 2.56. The van der Waals surface area contributed by atoms with Crippen LogP contribution in [0.3, 0.4) is 0 Å². The number of rotatable bonds is 7. The van der Waals surface area contributed by atoms with Gasteiger partial charge in [-0.2, -0.15) is 0 Å². The lowest BCUT2D eigenvalue weighted by Gasteiger charge is -2.24. The first kappa shape index (κ1) is 21.8. The first-order valence-electron chi connectivity index (χ1n) is 8.66. The first-order chi connectivity index (χ1) is 13.2. The molecule has 28 heavy (non-hydrogen) atoms. The maximum absolute atomic E-state index is 13.4. The van der Waals surface area contributed by atoms with Gasteiger partial charge in [-0.25, -0.2) is 8.78 Å². The number of carbonyl (C=O) groups excluding carboxylic acids is 2. The molecular formula is C20H22ClF2N3O2. The standard InChI is InChI=1S/C20H22ClF2N3O2/c1-12-15(21)5-4-6-18(12)25-19(27)10-24-20(28)11-26(3)13(2)14-7-8-16(22)17(23)9-14/h4-9,13H,10-11H2,1-3H3,(H,24,28)(H,25,27)/t13-/m1/s1. The number of nitrogens with one attached hydrogen (secondary N) is 2. The summed E-state index contributed by atoms with van der Waals surface area (Å²) in [6, 6.07) is 8.48. The quantitative estimate of drug-likeness (QED) is 0.733. The highest BCUT2D eigenvalue weighted by Gasteiger charge is 2.17. The Hall–Kier alpha value is -2.51. The molecule has 5 nitrogen and oxygen atoms in total. The van der Waals surface area contributed by atoms with Crippen molar-refractivity contribution in [2.45, 2.75) is 19.9 Å². The van der Waals surface area contributed by atoms with E-state index in [0.717, 1.165) is 17.7 Å². The molecule has 2 rings (SSSR count). The third-order valence-electron chi connectivity index (χ3n) is 4.47. The van der Waals surface area contributed by atoms with Gasteiger partial charge < -0.3 is 10.6 Å². The molecule has 2 aromatic carbocycles. The van der Waals surface area contributed by atoms with Gasteiger partial charge in [0.15, 0.2) is 11.6 Å². The largest absolute Gasteiger partial charge is 0.346 e. The fourth-order valence-corrected chi connectivity index (χ4v) is 2.74. The van der Waals surface area contributed by atoms with Crippen molar-refractivity contribution in [1.82, 2.24) is 10.2 Å². The predicted octanol–water partition coefficient (Wildman–Crippen LogP) is 3.67. The number of nitrogens with zero attached hydrogens (tertiary/aromatic N) is 1. The summed E-state index contributed by atoms with van der Waals surface area (Å²) in [4.78, 5) is 25.8. The highest BCUT2D eigenvalue weighted by atomic mass is 35.5. The monoisotopic (exact) mass is 409 g/mol. The molecule has 0 unspecified atom stereocenters. The van der Waals surface area contributed by atoms with Crippen LogP contribution in [0.25, 0.3) is 0 Å². The molecule has 2 amide bonds. The summed E-state index contributed by atoms with van der Waals surface area (Å²) in [6.07, 6.45) is 0. The predicted molar refractivity (Wildman–Crippen MR) is 105 cm³/mol. The van der Waals surface area contributed by atoms with Crippen LogP contribution in [0.5, 0.6) is 0 Å². The minimum absolute atomic E-state index is 0.0103. The third-order valence-corrected chi connectivity index (χ3v) is 4.88. The van der Waals surface area contributed by atoms with Gasteiger partial charge in [0, 0.05) is 16.8 Å². The second-order valence-corrected chi connectivity index (χ2v) is 6.91. The molecule has 0 fully saturated rings. The van der Waals surface area contributed by atoms with E-state index in [1.807, 2.05) is 0 Å². The number of hydrogen-bond donors (Lipinski definition) is 2. The normalized spacial score (nSPS) is 12.0. The Morgan fingerprint density at radius 2 is 1.86 bits per heavy atom. The molecule has 0 aliphatic rings. The lowest BCUT2D eigenvalue weighted by atomic mass is 10.1. The van der Waals surface area contributed by atoms with Crippen molar-refractivity contribution < 1.29 is 18.4 Å². The van der Waals surface area contributed by atoms with Crippen LogP contribution < -0.4 is 10.6 Å². The summed E-state index contributed by atoms with van der Waals surface area (Å²) in [6.45, 7) is 3.35. The van der Waals surface area contributed by atoms with Crippen molar-refractivity contribution in [3.63, 3.8) is 0 Å². The van der Waals surface area contributed by atoms with Gasteiger partial charge in [-0.1, -0.05) is 23.7 Å². The van der Waals surface area contributed by atoms with Crippen molar-refractivity contribution in [3.05, 3.63) is 64.2 Å². The van der Waals surface area contributed by atoms with Gasteiger partial charge in [0.05, 0.1) is 13.1 Å².